The minimum atomic E-state index is -2.62. The molecule has 0 aliphatic carbocycles. The summed E-state index contributed by atoms with van der Waals surface area (Å²) in [5, 5.41) is 8.69. The molecule has 0 radical (unpaired) electrons. The predicted molar refractivity (Wildman–Crippen MR) is 149 cm³/mol. The van der Waals surface area contributed by atoms with Crippen LogP contribution >= 0.6 is 0 Å². The lowest BCUT2D eigenvalue weighted by atomic mass is 10.0. The number of nitrogens with zero attached hydrogens (tertiary/aromatic N) is 5. The summed E-state index contributed by atoms with van der Waals surface area (Å²) >= 11 is -2.62. The van der Waals surface area contributed by atoms with E-state index >= 15 is 0 Å². The van der Waals surface area contributed by atoms with Crippen LogP contribution in [-0.4, -0.2) is 37.9 Å². The number of anilines is 2. The number of aryl methyl sites for hydroxylation is 1. The number of aromatic nitrogens is 6. The van der Waals surface area contributed by atoms with Crippen molar-refractivity contribution in [3.05, 3.63) is 101 Å². The number of rotatable bonds is 7. The average molecular weight is 558 g/mol. The summed E-state index contributed by atoms with van der Waals surface area (Å²) in [5.41, 5.74) is 3.26. The Morgan fingerprint density at radius 1 is 1.12 bits per heavy atom. The average Bonchev–Trinajstić information content (AvgIpc) is 3.53. The summed E-state index contributed by atoms with van der Waals surface area (Å²) in [6.45, 7) is 3.72. The molecule has 0 spiro atoms. The number of nitrogens with one attached hydrogen (secondary N) is 3. The molecule has 13 heteroatoms. The Hall–Kier alpha value is -4.88. The summed E-state index contributed by atoms with van der Waals surface area (Å²) in [5.74, 6) is 0.238. The monoisotopic (exact) mass is 557 g/mol. The smallest absolute Gasteiger partial charge is 0.282 e. The maximum absolute atomic E-state index is 14.4. The van der Waals surface area contributed by atoms with Crippen LogP contribution in [0.3, 0.4) is 0 Å². The fourth-order valence-electron chi connectivity index (χ4n) is 4.81. The lowest BCUT2D eigenvalue weighted by Gasteiger charge is -2.20. The number of H-pyrrole nitrogens is 1. The molecule has 202 valence electrons. The van der Waals surface area contributed by atoms with Crippen molar-refractivity contribution in [2.45, 2.75) is 19.9 Å². The molecule has 0 amide bonds. The van der Waals surface area contributed by atoms with Crippen LogP contribution in [0, 0.1) is 12.7 Å². The Kier molecular flexibility index (Phi) is 6.36. The number of hydrogen-bond acceptors (Lipinski definition) is 7. The van der Waals surface area contributed by atoms with Gasteiger partial charge in [0.25, 0.3) is 5.56 Å². The number of hydrogen-bond donors (Lipinski definition) is 3. The van der Waals surface area contributed by atoms with Crippen molar-refractivity contribution in [2.24, 2.45) is 0 Å². The molecular formula is C27H22FN8O3S-. The molecule has 0 saturated heterocycles. The Bertz CT molecular complexity index is 1970. The van der Waals surface area contributed by atoms with Crippen molar-refractivity contribution in [3.8, 4) is 16.8 Å². The molecule has 3 N–H and O–H groups in total. The van der Waals surface area contributed by atoms with E-state index in [4.69, 9.17) is 5.10 Å². The second-order valence-corrected chi connectivity index (χ2v) is 9.88. The Labute approximate surface area is 229 Å². The first-order chi connectivity index (χ1) is 19.3. The molecule has 0 bridgehead atoms. The van der Waals surface area contributed by atoms with Crippen molar-refractivity contribution >= 4 is 39.3 Å². The highest BCUT2D eigenvalue weighted by atomic mass is 32.2. The minimum Gasteiger partial charge on any atom is -0.755 e. The van der Waals surface area contributed by atoms with Gasteiger partial charge in [0.15, 0.2) is 5.82 Å². The van der Waals surface area contributed by atoms with Crippen LogP contribution in [0.5, 0.6) is 0 Å². The van der Waals surface area contributed by atoms with Gasteiger partial charge >= 0.3 is 0 Å². The topological polar surface area (TPSA) is 145 Å². The fraction of sp³-hybridized carbons (Fsp3) is 0.111. The summed E-state index contributed by atoms with van der Waals surface area (Å²) in [6, 6.07) is 14.5. The van der Waals surface area contributed by atoms with Crippen LogP contribution < -0.4 is 15.6 Å². The largest absolute Gasteiger partial charge is 0.755 e. The molecule has 0 fully saturated rings. The quantitative estimate of drug-likeness (QED) is 0.249. The van der Waals surface area contributed by atoms with E-state index in [9.17, 15) is 17.9 Å². The van der Waals surface area contributed by atoms with Gasteiger partial charge in [-0.25, -0.2) is 18.9 Å². The van der Waals surface area contributed by atoms with Crippen LogP contribution in [0.2, 0.25) is 0 Å². The predicted octanol–water partition coefficient (Wildman–Crippen LogP) is 4.25. The first-order valence-electron chi connectivity index (χ1n) is 12.2. The second-order valence-electron chi connectivity index (χ2n) is 9.21. The van der Waals surface area contributed by atoms with E-state index < -0.39 is 23.1 Å². The van der Waals surface area contributed by atoms with Gasteiger partial charge in [0, 0.05) is 34.9 Å². The van der Waals surface area contributed by atoms with E-state index in [1.165, 1.54) is 18.5 Å². The van der Waals surface area contributed by atoms with Crippen molar-refractivity contribution in [1.29, 1.82) is 0 Å². The molecule has 0 aliphatic rings. The van der Waals surface area contributed by atoms with Crippen molar-refractivity contribution in [2.75, 3.05) is 10.0 Å². The number of para-hydroxylation sites is 1. The zero-order chi connectivity index (χ0) is 28.0. The molecule has 0 aliphatic heterocycles. The second kappa shape index (κ2) is 10.0. The summed E-state index contributed by atoms with van der Waals surface area (Å²) in [7, 11) is 0. The highest BCUT2D eigenvalue weighted by molar-refractivity contribution is 7.80. The minimum absolute atomic E-state index is 0.0730. The van der Waals surface area contributed by atoms with Crippen molar-refractivity contribution in [1.82, 2.24) is 29.1 Å². The molecule has 4 aromatic heterocycles. The number of halogens is 1. The summed E-state index contributed by atoms with van der Waals surface area (Å²) in [4.78, 5) is 25.5. The van der Waals surface area contributed by atoms with Crippen LogP contribution in [0.25, 0.3) is 33.4 Å². The highest BCUT2D eigenvalue weighted by Crippen LogP contribution is 2.35. The molecule has 6 rings (SSSR count). The van der Waals surface area contributed by atoms with Crippen molar-refractivity contribution < 1.29 is 13.2 Å². The molecule has 2 aromatic carbocycles. The number of fused-ring (bicyclic) bond motifs is 2. The fourth-order valence-corrected chi connectivity index (χ4v) is 5.12. The van der Waals surface area contributed by atoms with E-state index in [1.807, 2.05) is 50.2 Å². The lowest BCUT2D eigenvalue weighted by Crippen LogP contribution is -2.29. The van der Waals surface area contributed by atoms with Gasteiger partial charge in [-0.15, -0.1) is 0 Å². The van der Waals surface area contributed by atoms with Crippen molar-refractivity contribution in [3.63, 3.8) is 0 Å². The van der Waals surface area contributed by atoms with Crippen LogP contribution in [0.1, 0.15) is 24.4 Å². The Balaban J connectivity index is 1.48. The molecule has 11 nitrogen and oxygen atoms in total. The first-order valence-corrected chi connectivity index (χ1v) is 13.3. The van der Waals surface area contributed by atoms with E-state index in [-0.39, 0.29) is 11.2 Å². The molecular weight excluding hydrogens is 535 g/mol. The Morgan fingerprint density at radius 2 is 1.93 bits per heavy atom. The van der Waals surface area contributed by atoms with Gasteiger partial charge in [-0.3, -0.25) is 13.6 Å². The van der Waals surface area contributed by atoms with Gasteiger partial charge in [-0.2, -0.15) is 5.10 Å². The van der Waals surface area contributed by atoms with Gasteiger partial charge in [-0.1, -0.05) is 18.2 Å². The molecule has 4 heterocycles. The third-order valence-electron chi connectivity index (χ3n) is 6.55. The number of benzene rings is 2. The van der Waals surface area contributed by atoms with Gasteiger partial charge in [0.2, 0.25) is 0 Å². The first kappa shape index (κ1) is 25.4. The summed E-state index contributed by atoms with van der Waals surface area (Å²) < 4.78 is 42.0. The SMILES string of the molecule is Cc1ccn2nc([C@H](C)Nc3ncnc4[nH]cc(-c5cc(F)cc(NS(=O)[O-])c5)c34)n(-c3ccccc3)c(=O)c12. The van der Waals surface area contributed by atoms with Gasteiger partial charge < -0.3 is 19.6 Å². The third-order valence-corrected chi connectivity index (χ3v) is 6.95. The molecule has 0 saturated carbocycles. The normalized spacial score (nSPS) is 13.0. The van der Waals surface area contributed by atoms with E-state index in [2.05, 4.69) is 25.0 Å². The maximum Gasteiger partial charge on any atom is 0.282 e. The van der Waals surface area contributed by atoms with Gasteiger partial charge in [0.05, 0.1) is 17.1 Å². The van der Waals surface area contributed by atoms with Crippen LogP contribution in [0.4, 0.5) is 15.9 Å². The van der Waals surface area contributed by atoms with E-state index in [1.54, 1.807) is 21.5 Å². The van der Waals surface area contributed by atoms with Gasteiger partial charge in [0.1, 0.15) is 29.1 Å². The van der Waals surface area contributed by atoms with Gasteiger partial charge in [-0.05, 0) is 61.4 Å². The van der Waals surface area contributed by atoms with E-state index in [0.717, 1.165) is 11.6 Å². The molecule has 2 atom stereocenters. The standard InChI is InChI=1S/C27H23FN8O3S/c1-15-8-9-35-23(15)27(37)36(20-6-4-3-5-7-20)26(33-35)16(2)32-25-22-21(13-29-24(22)30-14-31-25)17-10-18(28)12-19(11-17)34-40(38)39/h3-14,16,34H,1-2H3,(H,38,39)(H2,29,30,31,32)/p-1/t16-/m0/s1. The zero-order valence-corrected chi connectivity index (χ0v) is 22.1. The maximum atomic E-state index is 14.4. The van der Waals surface area contributed by atoms with Crippen LogP contribution in [0.15, 0.2) is 78.1 Å². The van der Waals surface area contributed by atoms with Crippen LogP contribution in [-0.2, 0) is 11.3 Å². The third kappa shape index (κ3) is 4.50. The highest BCUT2D eigenvalue weighted by Gasteiger charge is 2.22. The molecule has 40 heavy (non-hydrogen) atoms. The van der Waals surface area contributed by atoms with E-state index in [0.29, 0.717) is 45.0 Å². The molecule has 1 unspecified atom stereocenters. The Morgan fingerprint density at radius 3 is 2.70 bits per heavy atom. The lowest BCUT2D eigenvalue weighted by molar-refractivity contribution is 0.542. The summed E-state index contributed by atoms with van der Waals surface area (Å²) in [6.07, 6.45) is 4.77. The zero-order valence-electron chi connectivity index (χ0n) is 21.3. The number of aromatic amines is 1. The molecule has 6 aromatic rings.